The molecular formula is C17H26O2. The first-order chi connectivity index (χ1) is 8.90. The standard InChI is InChI=1S/C17H26O2/c1-7-16(18)13-9-14(8-11(2)3)17(19-6)15(10-13)12(4)5/h9-12H,7-8H2,1-6H3. The molecule has 0 aliphatic heterocycles. The topological polar surface area (TPSA) is 26.3 Å². The lowest BCUT2D eigenvalue weighted by molar-refractivity contribution is 0.0988. The zero-order chi connectivity index (χ0) is 14.6. The quantitative estimate of drug-likeness (QED) is 0.700. The van der Waals surface area contributed by atoms with Gasteiger partial charge in [-0.15, -0.1) is 0 Å². The maximum atomic E-state index is 12.0. The van der Waals surface area contributed by atoms with E-state index in [9.17, 15) is 4.79 Å². The maximum Gasteiger partial charge on any atom is 0.162 e. The lowest BCUT2D eigenvalue weighted by atomic mass is 9.91. The first-order valence-electron chi connectivity index (χ1n) is 7.14. The van der Waals surface area contributed by atoms with Crippen LogP contribution in [-0.4, -0.2) is 12.9 Å². The van der Waals surface area contributed by atoms with Crippen molar-refractivity contribution in [2.75, 3.05) is 7.11 Å². The summed E-state index contributed by atoms with van der Waals surface area (Å²) in [6, 6.07) is 4.01. The van der Waals surface area contributed by atoms with Gasteiger partial charge < -0.3 is 4.74 Å². The van der Waals surface area contributed by atoms with Gasteiger partial charge in [-0.1, -0.05) is 34.6 Å². The van der Waals surface area contributed by atoms with E-state index in [1.54, 1.807) is 7.11 Å². The Bertz CT molecular complexity index is 445. The van der Waals surface area contributed by atoms with Crippen LogP contribution in [0.5, 0.6) is 5.75 Å². The lowest BCUT2D eigenvalue weighted by Gasteiger charge is -2.19. The van der Waals surface area contributed by atoms with Gasteiger partial charge in [-0.25, -0.2) is 0 Å². The van der Waals surface area contributed by atoms with Gasteiger partial charge in [-0.05, 0) is 41.5 Å². The van der Waals surface area contributed by atoms with Crippen molar-refractivity contribution < 1.29 is 9.53 Å². The van der Waals surface area contributed by atoms with E-state index in [1.807, 2.05) is 19.1 Å². The minimum absolute atomic E-state index is 0.203. The van der Waals surface area contributed by atoms with Crippen LogP contribution in [0, 0.1) is 5.92 Å². The third-order valence-electron chi connectivity index (χ3n) is 3.29. The minimum Gasteiger partial charge on any atom is -0.496 e. The van der Waals surface area contributed by atoms with Crippen LogP contribution in [0.3, 0.4) is 0 Å². The second-order valence-corrected chi connectivity index (χ2v) is 5.79. The summed E-state index contributed by atoms with van der Waals surface area (Å²) in [5, 5.41) is 0. The Kier molecular flexibility index (Phi) is 5.59. The molecule has 0 aromatic heterocycles. The highest BCUT2D eigenvalue weighted by molar-refractivity contribution is 5.96. The highest BCUT2D eigenvalue weighted by Gasteiger charge is 2.17. The van der Waals surface area contributed by atoms with Crippen molar-refractivity contribution in [1.29, 1.82) is 0 Å². The van der Waals surface area contributed by atoms with E-state index in [-0.39, 0.29) is 5.78 Å². The summed E-state index contributed by atoms with van der Waals surface area (Å²) >= 11 is 0. The number of carbonyl (C=O) groups excluding carboxylic acids is 1. The fourth-order valence-corrected chi connectivity index (χ4v) is 2.35. The fraction of sp³-hybridized carbons (Fsp3) is 0.588. The van der Waals surface area contributed by atoms with Gasteiger partial charge in [0.25, 0.3) is 0 Å². The van der Waals surface area contributed by atoms with Crippen LogP contribution < -0.4 is 4.74 Å². The maximum absolute atomic E-state index is 12.0. The molecule has 0 amide bonds. The summed E-state index contributed by atoms with van der Waals surface area (Å²) in [6.45, 7) is 10.5. The molecule has 0 aliphatic carbocycles. The number of carbonyl (C=O) groups is 1. The van der Waals surface area contributed by atoms with E-state index in [2.05, 4.69) is 27.7 Å². The fourth-order valence-electron chi connectivity index (χ4n) is 2.35. The SMILES string of the molecule is CCC(=O)c1cc(CC(C)C)c(OC)c(C(C)C)c1. The van der Waals surface area contributed by atoms with Gasteiger partial charge in [-0.2, -0.15) is 0 Å². The first kappa shape index (κ1) is 15.7. The lowest BCUT2D eigenvalue weighted by Crippen LogP contribution is -2.07. The number of methoxy groups -OCH3 is 1. The zero-order valence-electron chi connectivity index (χ0n) is 13.0. The first-order valence-corrected chi connectivity index (χ1v) is 7.14. The molecule has 106 valence electrons. The van der Waals surface area contributed by atoms with Gasteiger partial charge in [0.2, 0.25) is 0 Å². The third kappa shape index (κ3) is 3.82. The molecule has 0 aliphatic rings. The molecule has 0 spiro atoms. The van der Waals surface area contributed by atoms with Crippen molar-refractivity contribution in [1.82, 2.24) is 0 Å². The van der Waals surface area contributed by atoms with Crippen LogP contribution in [0.1, 0.15) is 68.4 Å². The van der Waals surface area contributed by atoms with Crippen molar-refractivity contribution >= 4 is 5.78 Å². The number of hydrogen-bond acceptors (Lipinski definition) is 2. The third-order valence-corrected chi connectivity index (χ3v) is 3.29. The van der Waals surface area contributed by atoms with Gasteiger partial charge in [0, 0.05) is 12.0 Å². The number of hydrogen-bond donors (Lipinski definition) is 0. The molecule has 0 radical (unpaired) electrons. The molecule has 0 bridgehead atoms. The summed E-state index contributed by atoms with van der Waals surface area (Å²) < 4.78 is 5.60. The van der Waals surface area contributed by atoms with Crippen molar-refractivity contribution in [2.24, 2.45) is 5.92 Å². The van der Waals surface area contributed by atoms with Crippen LogP contribution >= 0.6 is 0 Å². The molecule has 0 fully saturated rings. The van der Waals surface area contributed by atoms with E-state index in [4.69, 9.17) is 4.74 Å². The molecule has 1 rings (SSSR count). The molecule has 0 unspecified atom stereocenters. The van der Waals surface area contributed by atoms with Crippen molar-refractivity contribution in [3.05, 3.63) is 28.8 Å². The highest BCUT2D eigenvalue weighted by atomic mass is 16.5. The summed E-state index contributed by atoms with van der Waals surface area (Å²) in [5.41, 5.74) is 3.11. The van der Waals surface area contributed by atoms with E-state index >= 15 is 0 Å². The number of rotatable bonds is 6. The van der Waals surface area contributed by atoms with Crippen molar-refractivity contribution in [3.63, 3.8) is 0 Å². The monoisotopic (exact) mass is 262 g/mol. The Labute approximate surface area is 117 Å². The summed E-state index contributed by atoms with van der Waals surface area (Å²) in [4.78, 5) is 12.0. The van der Waals surface area contributed by atoms with E-state index in [0.717, 1.165) is 28.9 Å². The number of benzene rings is 1. The second kappa shape index (κ2) is 6.74. The van der Waals surface area contributed by atoms with Gasteiger partial charge in [0.1, 0.15) is 5.75 Å². The smallest absolute Gasteiger partial charge is 0.162 e. The molecule has 0 heterocycles. The van der Waals surface area contributed by atoms with Crippen LogP contribution in [0.25, 0.3) is 0 Å². The molecule has 2 heteroatoms. The molecule has 1 aromatic rings. The van der Waals surface area contributed by atoms with Gasteiger partial charge in [-0.3, -0.25) is 4.79 Å². The summed E-state index contributed by atoms with van der Waals surface area (Å²) in [6.07, 6.45) is 1.48. The molecule has 0 atom stereocenters. The molecule has 19 heavy (non-hydrogen) atoms. The Morgan fingerprint density at radius 1 is 1.21 bits per heavy atom. The molecule has 0 saturated heterocycles. The Morgan fingerprint density at radius 2 is 1.84 bits per heavy atom. The molecule has 2 nitrogen and oxygen atoms in total. The Hall–Kier alpha value is -1.31. The average molecular weight is 262 g/mol. The van der Waals surface area contributed by atoms with Gasteiger partial charge >= 0.3 is 0 Å². The summed E-state index contributed by atoms with van der Waals surface area (Å²) in [5.74, 6) is 2.05. The summed E-state index contributed by atoms with van der Waals surface area (Å²) in [7, 11) is 1.71. The van der Waals surface area contributed by atoms with Crippen LogP contribution in [0.4, 0.5) is 0 Å². The minimum atomic E-state index is 0.203. The van der Waals surface area contributed by atoms with Crippen LogP contribution in [-0.2, 0) is 6.42 Å². The van der Waals surface area contributed by atoms with E-state index < -0.39 is 0 Å². The van der Waals surface area contributed by atoms with Gasteiger partial charge in [0.15, 0.2) is 5.78 Å². The second-order valence-electron chi connectivity index (χ2n) is 5.79. The molecule has 0 N–H and O–H groups in total. The van der Waals surface area contributed by atoms with Crippen LogP contribution in [0.15, 0.2) is 12.1 Å². The highest BCUT2D eigenvalue weighted by Crippen LogP contribution is 2.33. The Morgan fingerprint density at radius 3 is 2.26 bits per heavy atom. The zero-order valence-corrected chi connectivity index (χ0v) is 13.0. The molecular weight excluding hydrogens is 236 g/mol. The number of ketones is 1. The van der Waals surface area contributed by atoms with E-state index in [1.165, 1.54) is 0 Å². The molecule has 0 saturated carbocycles. The predicted octanol–water partition coefficient (Wildman–Crippen LogP) is 4.61. The van der Waals surface area contributed by atoms with E-state index in [0.29, 0.717) is 18.3 Å². The molecule has 1 aromatic carbocycles. The van der Waals surface area contributed by atoms with Gasteiger partial charge in [0.05, 0.1) is 7.11 Å². The van der Waals surface area contributed by atoms with Crippen LogP contribution in [0.2, 0.25) is 0 Å². The average Bonchev–Trinajstić information content (AvgIpc) is 2.35. The predicted molar refractivity (Wildman–Crippen MR) is 80.2 cm³/mol. The van der Waals surface area contributed by atoms with Crippen molar-refractivity contribution in [3.8, 4) is 5.75 Å². The number of Topliss-reactive ketones (excluding diaryl/α,β-unsaturated/α-hetero) is 1. The number of ether oxygens (including phenoxy) is 1. The van der Waals surface area contributed by atoms with Crippen molar-refractivity contribution in [2.45, 2.75) is 53.4 Å². The normalized spacial score (nSPS) is 11.2. The Balaban J connectivity index is 3.40. The largest absolute Gasteiger partial charge is 0.496 e.